The molecule has 3 aliphatic rings. The van der Waals surface area contributed by atoms with Gasteiger partial charge in [-0.3, -0.25) is 4.79 Å². The number of hydrogen-bond donors (Lipinski definition) is 3. The van der Waals surface area contributed by atoms with E-state index in [4.69, 9.17) is 10.9 Å². The highest BCUT2D eigenvalue weighted by Crippen LogP contribution is 2.60. The van der Waals surface area contributed by atoms with Gasteiger partial charge in [-0.05, 0) is 49.9 Å². The Labute approximate surface area is 107 Å². The van der Waals surface area contributed by atoms with Crippen LogP contribution in [0.5, 0.6) is 0 Å². The number of hydrogen-bond acceptors (Lipinski definition) is 3. The summed E-state index contributed by atoms with van der Waals surface area (Å²) in [5.41, 5.74) is 5.35. The van der Waals surface area contributed by atoms with E-state index >= 15 is 0 Å². The minimum absolute atomic E-state index is 0.0454. The lowest BCUT2D eigenvalue weighted by Gasteiger charge is -2.39. The van der Waals surface area contributed by atoms with Crippen molar-refractivity contribution in [1.82, 2.24) is 5.32 Å². The van der Waals surface area contributed by atoms with E-state index < -0.39 is 5.41 Å². The SMILES string of the molecule is NC(=NO)C1(C(=O)NCC2(C3CC3)CC2)CCC1. The molecule has 1 amide bonds. The first-order valence-electron chi connectivity index (χ1n) is 6.89. The van der Waals surface area contributed by atoms with Gasteiger partial charge in [0.25, 0.3) is 0 Å². The molecule has 0 aromatic rings. The van der Waals surface area contributed by atoms with Gasteiger partial charge >= 0.3 is 0 Å². The number of nitrogens with zero attached hydrogens (tertiary/aromatic N) is 1. The fourth-order valence-corrected chi connectivity index (χ4v) is 3.24. The second kappa shape index (κ2) is 3.87. The van der Waals surface area contributed by atoms with E-state index in [-0.39, 0.29) is 11.7 Å². The smallest absolute Gasteiger partial charge is 0.233 e. The zero-order valence-corrected chi connectivity index (χ0v) is 10.6. The molecule has 3 rings (SSSR count). The summed E-state index contributed by atoms with van der Waals surface area (Å²) in [6, 6.07) is 0. The van der Waals surface area contributed by atoms with Gasteiger partial charge in [-0.1, -0.05) is 11.6 Å². The first-order valence-corrected chi connectivity index (χ1v) is 6.89. The molecular formula is C13H21N3O2. The van der Waals surface area contributed by atoms with Gasteiger partial charge in [0.15, 0.2) is 5.84 Å². The van der Waals surface area contributed by atoms with Crippen molar-refractivity contribution >= 4 is 11.7 Å². The van der Waals surface area contributed by atoms with E-state index in [0.29, 0.717) is 18.3 Å². The molecule has 0 atom stereocenters. The van der Waals surface area contributed by atoms with Gasteiger partial charge in [0, 0.05) is 6.54 Å². The van der Waals surface area contributed by atoms with Crippen molar-refractivity contribution in [3.8, 4) is 0 Å². The summed E-state index contributed by atoms with van der Waals surface area (Å²) in [5.74, 6) is 0.859. The van der Waals surface area contributed by atoms with E-state index in [1.807, 2.05) is 0 Å². The predicted octanol–water partition coefficient (Wildman–Crippen LogP) is 1.21. The molecule has 3 aliphatic carbocycles. The van der Waals surface area contributed by atoms with Crippen LogP contribution in [0.4, 0.5) is 0 Å². The van der Waals surface area contributed by atoms with Crippen LogP contribution in [-0.4, -0.2) is 23.5 Å². The van der Waals surface area contributed by atoms with Crippen molar-refractivity contribution in [1.29, 1.82) is 0 Å². The van der Waals surface area contributed by atoms with Gasteiger partial charge in [0.2, 0.25) is 5.91 Å². The summed E-state index contributed by atoms with van der Waals surface area (Å²) < 4.78 is 0. The largest absolute Gasteiger partial charge is 0.409 e. The standard InChI is InChI=1S/C13H21N3O2/c14-10(16-18)13(4-1-5-13)11(17)15-8-12(6-7-12)9-2-3-9/h9,18H,1-8H2,(H2,14,16)(H,15,17). The number of amides is 1. The average Bonchev–Trinajstić information content (AvgIpc) is 3.13. The Kier molecular flexibility index (Phi) is 2.54. The number of carbonyl (C=O) groups is 1. The zero-order chi connectivity index (χ0) is 12.8. The zero-order valence-electron chi connectivity index (χ0n) is 10.6. The quantitative estimate of drug-likeness (QED) is 0.297. The van der Waals surface area contributed by atoms with Crippen molar-refractivity contribution < 1.29 is 10.0 Å². The lowest BCUT2D eigenvalue weighted by atomic mass is 9.67. The summed E-state index contributed by atoms with van der Waals surface area (Å²) in [6.07, 6.45) is 7.50. The van der Waals surface area contributed by atoms with Crippen LogP contribution in [0.1, 0.15) is 44.9 Å². The van der Waals surface area contributed by atoms with E-state index in [9.17, 15) is 4.79 Å². The van der Waals surface area contributed by atoms with E-state index in [2.05, 4.69) is 10.5 Å². The number of oxime groups is 1. The first kappa shape index (κ1) is 11.8. The van der Waals surface area contributed by atoms with Crippen molar-refractivity contribution in [2.24, 2.45) is 27.6 Å². The lowest BCUT2D eigenvalue weighted by Crippen LogP contribution is -2.54. The van der Waals surface area contributed by atoms with Crippen molar-refractivity contribution in [2.75, 3.05) is 6.54 Å². The predicted molar refractivity (Wildman–Crippen MR) is 67.1 cm³/mol. The molecule has 0 aromatic carbocycles. The van der Waals surface area contributed by atoms with Crippen LogP contribution >= 0.6 is 0 Å². The van der Waals surface area contributed by atoms with Crippen molar-refractivity contribution in [2.45, 2.75) is 44.9 Å². The normalized spacial score (nSPS) is 28.3. The molecule has 0 heterocycles. The summed E-state index contributed by atoms with van der Waals surface area (Å²) in [4.78, 5) is 12.3. The number of carbonyl (C=O) groups excluding carboxylic acids is 1. The molecule has 0 aromatic heterocycles. The molecule has 5 nitrogen and oxygen atoms in total. The van der Waals surface area contributed by atoms with Crippen LogP contribution in [0.15, 0.2) is 5.16 Å². The maximum absolute atomic E-state index is 12.3. The third-order valence-electron chi connectivity index (χ3n) is 5.18. The van der Waals surface area contributed by atoms with Gasteiger partial charge in [-0.2, -0.15) is 0 Å². The molecule has 0 spiro atoms. The second-order valence-electron chi connectivity index (χ2n) is 6.24. The third-order valence-corrected chi connectivity index (χ3v) is 5.18. The highest BCUT2D eigenvalue weighted by Gasteiger charge is 2.55. The molecule has 5 heteroatoms. The summed E-state index contributed by atoms with van der Waals surface area (Å²) in [6.45, 7) is 0.775. The monoisotopic (exact) mass is 251 g/mol. The van der Waals surface area contributed by atoms with Crippen LogP contribution < -0.4 is 11.1 Å². The molecule has 0 bridgehead atoms. The molecule has 0 saturated heterocycles. The van der Waals surface area contributed by atoms with Gasteiger partial charge in [-0.15, -0.1) is 0 Å². The van der Waals surface area contributed by atoms with Crippen LogP contribution in [-0.2, 0) is 4.79 Å². The van der Waals surface area contributed by atoms with Crippen molar-refractivity contribution in [3.05, 3.63) is 0 Å². The molecule has 0 aliphatic heterocycles. The molecule has 3 fully saturated rings. The molecular weight excluding hydrogens is 230 g/mol. The summed E-state index contributed by atoms with van der Waals surface area (Å²) in [5, 5.41) is 14.9. The third kappa shape index (κ3) is 1.68. The maximum atomic E-state index is 12.3. The highest BCUT2D eigenvalue weighted by molar-refractivity contribution is 6.07. The Bertz CT molecular complexity index is 393. The second-order valence-corrected chi connectivity index (χ2v) is 6.24. The minimum atomic E-state index is -0.728. The molecule has 3 saturated carbocycles. The van der Waals surface area contributed by atoms with Crippen molar-refractivity contribution in [3.63, 3.8) is 0 Å². The van der Waals surface area contributed by atoms with Crippen LogP contribution in [0.2, 0.25) is 0 Å². The van der Waals surface area contributed by atoms with Gasteiger partial charge < -0.3 is 16.3 Å². The molecule has 4 N–H and O–H groups in total. The molecule has 18 heavy (non-hydrogen) atoms. The topological polar surface area (TPSA) is 87.7 Å². The Morgan fingerprint density at radius 3 is 2.39 bits per heavy atom. The minimum Gasteiger partial charge on any atom is -0.409 e. The lowest BCUT2D eigenvalue weighted by molar-refractivity contribution is -0.131. The van der Waals surface area contributed by atoms with Crippen LogP contribution in [0.3, 0.4) is 0 Å². The summed E-state index contributed by atoms with van der Waals surface area (Å²) >= 11 is 0. The van der Waals surface area contributed by atoms with Crippen LogP contribution in [0, 0.1) is 16.7 Å². The average molecular weight is 251 g/mol. The van der Waals surface area contributed by atoms with E-state index in [1.54, 1.807) is 0 Å². The molecule has 100 valence electrons. The molecule has 0 unspecified atom stereocenters. The fourth-order valence-electron chi connectivity index (χ4n) is 3.24. The van der Waals surface area contributed by atoms with Gasteiger partial charge in [0.05, 0.1) is 0 Å². The van der Waals surface area contributed by atoms with E-state index in [0.717, 1.165) is 18.9 Å². The Morgan fingerprint density at radius 1 is 1.33 bits per heavy atom. The number of nitrogens with two attached hydrogens (primary N) is 1. The molecule has 0 radical (unpaired) electrons. The van der Waals surface area contributed by atoms with E-state index in [1.165, 1.54) is 25.7 Å². The Morgan fingerprint density at radius 2 is 2.00 bits per heavy atom. The fraction of sp³-hybridized carbons (Fsp3) is 0.846. The Hall–Kier alpha value is -1.26. The van der Waals surface area contributed by atoms with Gasteiger partial charge in [-0.25, -0.2) is 0 Å². The number of nitrogens with one attached hydrogen (secondary N) is 1. The van der Waals surface area contributed by atoms with Gasteiger partial charge in [0.1, 0.15) is 5.41 Å². The summed E-state index contributed by atoms with van der Waals surface area (Å²) in [7, 11) is 0. The highest BCUT2D eigenvalue weighted by atomic mass is 16.4. The number of amidine groups is 1. The van der Waals surface area contributed by atoms with Crippen LogP contribution in [0.25, 0.3) is 0 Å². The first-order chi connectivity index (χ1) is 8.63. The maximum Gasteiger partial charge on any atom is 0.233 e. The Balaban J connectivity index is 1.60. The number of rotatable bonds is 5.